The van der Waals surface area contributed by atoms with Gasteiger partial charge in [0.15, 0.2) is 0 Å². The second-order valence-corrected chi connectivity index (χ2v) is 4.85. The van der Waals surface area contributed by atoms with Gasteiger partial charge in [-0.15, -0.1) is 0 Å². The number of rotatable bonds is 3. The van der Waals surface area contributed by atoms with E-state index in [9.17, 15) is 4.79 Å². The fourth-order valence-corrected chi connectivity index (χ4v) is 2.13. The minimum Gasteiger partial charge on any atom is -0.464 e. The van der Waals surface area contributed by atoms with Gasteiger partial charge in [0.25, 0.3) is 5.56 Å². The third-order valence-corrected chi connectivity index (χ3v) is 3.26. The number of pyridine rings is 1. The van der Waals surface area contributed by atoms with Crippen LogP contribution in [0.1, 0.15) is 11.1 Å². The summed E-state index contributed by atoms with van der Waals surface area (Å²) in [6, 6.07) is 15.3. The van der Waals surface area contributed by atoms with E-state index < -0.39 is 0 Å². The van der Waals surface area contributed by atoms with Gasteiger partial charge in [0.05, 0.1) is 12.8 Å². The first kappa shape index (κ1) is 12.5. The number of benzene rings is 1. The molecule has 0 saturated heterocycles. The third kappa shape index (κ3) is 2.57. The molecule has 1 aromatic carbocycles. The van der Waals surface area contributed by atoms with Crippen LogP contribution in [0, 0.1) is 6.92 Å². The van der Waals surface area contributed by atoms with Crippen LogP contribution < -0.4 is 5.56 Å². The van der Waals surface area contributed by atoms with Crippen molar-refractivity contribution in [1.82, 2.24) is 4.57 Å². The quantitative estimate of drug-likeness (QED) is 0.727. The summed E-state index contributed by atoms with van der Waals surface area (Å²) in [4.78, 5) is 11.9. The zero-order valence-corrected chi connectivity index (χ0v) is 11.2. The minimum atomic E-state index is -0.0131. The Bertz CT molecular complexity index is 752. The van der Waals surface area contributed by atoms with Crippen molar-refractivity contribution >= 4 is 0 Å². The normalized spacial score (nSPS) is 10.7. The van der Waals surface area contributed by atoms with Gasteiger partial charge in [-0.25, -0.2) is 0 Å². The molecule has 0 spiro atoms. The second-order valence-electron chi connectivity index (χ2n) is 4.85. The molecule has 3 heteroatoms. The molecule has 0 saturated carbocycles. The van der Waals surface area contributed by atoms with Gasteiger partial charge in [0, 0.05) is 17.8 Å². The Morgan fingerprint density at radius 2 is 1.85 bits per heavy atom. The maximum Gasteiger partial charge on any atom is 0.250 e. The molecule has 3 rings (SSSR count). The van der Waals surface area contributed by atoms with E-state index in [0.29, 0.717) is 6.54 Å². The topological polar surface area (TPSA) is 35.1 Å². The fraction of sp³-hybridized carbons (Fsp3) is 0.118. The molecule has 0 radical (unpaired) electrons. The van der Waals surface area contributed by atoms with Crippen LogP contribution in [-0.2, 0) is 6.54 Å². The maximum atomic E-state index is 11.9. The molecule has 2 heterocycles. The summed E-state index contributed by atoms with van der Waals surface area (Å²) < 4.78 is 7.06. The first-order valence-corrected chi connectivity index (χ1v) is 6.52. The molecule has 0 aliphatic rings. The van der Waals surface area contributed by atoms with E-state index in [4.69, 9.17) is 4.42 Å². The molecule has 0 unspecified atom stereocenters. The predicted molar refractivity (Wildman–Crippen MR) is 78.7 cm³/mol. The van der Waals surface area contributed by atoms with Crippen molar-refractivity contribution in [3.8, 4) is 11.3 Å². The van der Waals surface area contributed by atoms with Crippen LogP contribution >= 0.6 is 0 Å². The van der Waals surface area contributed by atoms with E-state index in [1.165, 1.54) is 5.56 Å². The molecule has 0 amide bonds. The maximum absolute atomic E-state index is 11.9. The summed E-state index contributed by atoms with van der Waals surface area (Å²) >= 11 is 0. The largest absolute Gasteiger partial charge is 0.464 e. The molecule has 0 fully saturated rings. The number of aromatic nitrogens is 1. The molecular weight excluding hydrogens is 250 g/mol. The van der Waals surface area contributed by atoms with Gasteiger partial charge in [0.1, 0.15) is 5.76 Å². The molecule has 3 aromatic rings. The van der Waals surface area contributed by atoms with Crippen molar-refractivity contribution in [2.24, 2.45) is 0 Å². The van der Waals surface area contributed by atoms with Gasteiger partial charge in [-0.2, -0.15) is 0 Å². The van der Waals surface area contributed by atoms with E-state index in [2.05, 4.69) is 12.1 Å². The van der Waals surface area contributed by atoms with Crippen molar-refractivity contribution in [2.45, 2.75) is 13.5 Å². The third-order valence-electron chi connectivity index (χ3n) is 3.26. The lowest BCUT2D eigenvalue weighted by Gasteiger charge is -2.07. The Labute approximate surface area is 117 Å². The molecule has 20 heavy (non-hydrogen) atoms. The standard InChI is InChI=1S/C17H15NO2/c1-13-4-6-14(7-5-13)11-18-12-15(8-9-17(18)19)16-3-2-10-20-16/h2-10,12H,11H2,1H3. The van der Waals surface area contributed by atoms with Gasteiger partial charge in [-0.05, 0) is 30.7 Å². The summed E-state index contributed by atoms with van der Waals surface area (Å²) in [5.41, 5.74) is 3.21. The van der Waals surface area contributed by atoms with Gasteiger partial charge in [-0.3, -0.25) is 4.79 Å². The van der Waals surface area contributed by atoms with Crippen LogP contribution in [0.2, 0.25) is 0 Å². The van der Waals surface area contributed by atoms with E-state index >= 15 is 0 Å². The highest BCUT2D eigenvalue weighted by Crippen LogP contribution is 2.18. The lowest BCUT2D eigenvalue weighted by molar-refractivity contribution is 0.581. The van der Waals surface area contributed by atoms with Crippen LogP contribution in [0.5, 0.6) is 0 Å². The molecular formula is C17H15NO2. The number of nitrogens with zero attached hydrogens (tertiary/aromatic N) is 1. The fourth-order valence-electron chi connectivity index (χ4n) is 2.13. The zero-order valence-electron chi connectivity index (χ0n) is 11.2. The van der Waals surface area contributed by atoms with E-state index in [0.717, 1.165) is 16.9 Å². The Balaban J connectivity index is 1.95. The number of furan rings is 1. The van der Waals surface area contributed by atoms with Crippen molar-refractivity contribution in [1.29, 1.82) is 0 Å². The molecule has 0 bridgehead atoms. The van der Waals surface area contributed by atoms with Gasteiger partial charge in [0.2, 0.25) is 0 Å². The van der Waals surface area contributed by atoms with Gasteiger partial charge in [-0.1, -0.05) is 29.8 Å². The smallest absolute Gasteiger partial charge is 0.250 e. The first-order chi connectivity index (χ1) is 9.72. The summed E-state index contributed by atoms with van der Waals surface area (Å²) in [7, 11) is 0. The zero-order chi connectivity index (χ0) is 13.9. The SMILES string of the molecule is Cc1ccc(Cn2cc(-c3ccco3)ccc2=O)cc1. The second kappa shape index (κ2) is 5.21. The van der Waals surface area contributed by atoms with E-state index in [1.807, 2.05) is 37.4 Å². The summed E-state index contributed by atoms with van der Waals surface area (Å²) in [6.07, 6.45) is 3.46. The molecule has 0 aliphatic heterocycles. The minimum absolute atomic E-state index is 0.0131. The van der Waals surface area contributed by atoms with Gasteiger partial charge < -0.3 is 8.98 Å². The molecule has 0 aliphatic carbocycles. The molecule has 100 valence electrons. The number of hydrogen-bond donors (Lipinski definition) is 0. The highest BCUT2D eigenvalue weighted by atomic mass is 16.3. The van der Waals surface area contributed by atoms with Crippen LogP contribution in [0.15, 0.2) is 70.2 Å². The molecule has 2 aromatic heterocycles. The molecule has 0 N–H and O–H groups in total. The van der Waals surface area contributed by atoms with Crippen molar-refractivity contribution in [3.63, 3.8) is 0 Å². The van der Waals surface area contributed by atoms with Crippen molar-refractivity contribution < 1.29 is 4.42 Å². The number of aryl methyl sites for hydroxylation is 1. The number of hydrogen-bond acceptors (Lipinski definition) is 2. The van der Waals surface area contributed by atoms with Gasteiger partial charge >= 0.3 is 0 Å². The summed E-state index contributed by atoms with van der Waals surface area (Å²) in [5.74, 6) is 0.766. The average Bonchev–Trinajstić information content (AvgIpc) is 2.98. The van der Waals surface area contributed by atoms with Crippen LogP contribution in [0.4, 0.5) is 0 Å². The first-order valence-electron chi connectivity index (χ1n) is 6.52. The Morgan fingerprint density at radius 3 is 2.55 bits per heavy atom. The molecule has 0 atom stereocenters. The average molecular weight is 265 g/mol. The van der Waals surface area contributed by atoms with Crippen LogP contribution in [0.25, 0.3) is 11.3 Å². The predicted octanol–water partition coefficient (Wildman–Crippen LogP) is 3.47. The van der Waals surface area contributed by atoms with Crippen molar-refractivity contribution in [3.05, 3.63) is 82.5 Å². The van der Waals surface area contributed by atoms with Crippen molar-refractivity contribution in [2.75, 3.05) is 0 Å². The summed E-state index contributed by atoms with van der Waals surface area (Å²) in [6.45, 7) is 2.61. The lowest BCUT2D eigenvalue weighted by Crippen LogP contribution is -2.19. The Hall–Kier alpha value is -2.55. The monoisotopic (exact) mass is 265 g/mol. The highest BCUT2D eigenvalue weighted by Gasteiger charge is 2.04. The Morgan fingerprint density at radius 1 is 1.05 bits per heavy atom. The van der Waals surface area contributed by atoms with E-state index in [1.54, 1.807) is 23.0 Å². The van der Waals surface area contributed by atoms with E-state index in [-0.39, 0.29) is 5.56 Å². The Kier molecular flexibility index (Phi) is 3.25. The van der Waals surface area contributed by atoms with Crippen LogP contribution in [0.3, 0.4) is 0 Å². The lowest BCUT2D eigenvalue weighted by atomic mass is 10.1. The highest BCUT2D eigenvalue weighted by molar-refractivity contribution is 5.55. The summed E-state index contributed by atoms with van der Waals surface area (Å²) in [5, 5.41) is 0. The molecule has 3 nitrogen and oxygen atoms in total. The van der Waals surface area contributed by atoms with Crippen LogP contribution in [-0.4, -0.2) is 4.57 Å².